The molecule has 0 aliphatic rings. The van der Waals surface area contributed by atoms with Crippen LogP contribution in [0.15, 0.2) is 29.2 Å². The van der Waals surface area contributed by atoms with Gasteiger partial charge in [-0.15, -0.1) is 0 Å². The summed E-state index contributed by atoms with van der Waals surface area (Å²) < 4.78 is 22.4. The summed E-state index contributed by atoms with van der Waals surface area (Å²) in [4.78, 5) is 10.9. The number of hydrogen-bond donors (Lipinski definition) is 1. The summed E-state index contributed by atoms with van der Waals surface area (Å²) >= 11 is 5.31. The maximum absolute atomic E-state index is 11.2. The molecule has 0 saturated heterocycles. The van der Waals surface area contributed by atoms with Crippen molar-refractivity contribution in [1.29, 1.82) is 0 Å². The highest BCUT2D eigenvalue weighted by Gasteiger charge is 2.21. The molecule has 0 aromatic heterocycles. The van der Waals surface area contributed by atoms with Gasteiger partial charge in [0.1, 0.15) is 0 Å². The molecule has 6 heteroatoms. The number of primary sulfonamides is 1. The molecule has 1 aromatic rings. The van der Waals surface area contributed by atoms with Gasteiger partial charge in [-0.3, -0.25) is 4.79 Å². The molecule has 0 amide bonds. The van der Waals surface area contributed by atoms with Crippen LogP contribution < -0.4 is 5.14 Å². The molecule has 0 radical (unpaired) electrons. The predicted molar refractivity (Wildman–Crippen MR) is 57.1 cm³/mol. The van der Waals surface area contributed by atoms with E-state index in [1.807, 2.05) is 0 Å². The van der Waals surface area contributed by atoms with Gasteiger partial charge in [-0.05, 0) is 23.2 Å². The van der Waals surface area contributed by atoms with E-state index in [0.717, 1.165) is 0 Å². The molecular formula is C9H10ClNO3S. The number of benzene rings is 1. The summed E-state index contributed by atoms with van der Waals surface area (Å²) in [5, 5.41) is 4.39. The first kappa shape index (κ1) is 12.2. The molecule has 15 heavy (non-hydrogen) atoms. The monoisotopic (exact) mass is 247 g/mol. The van der Waals surface area contributed by atoms with E-state index in [4.69, 9.17) is 16.7 Å². The van der Waals surface area contributed by atoms with E-state index in [0.29, 0.717) is 5.56 Å². The van der Waals surface area contributed by atoms with Crippen molar-refractivity contribution in [2.75, 3.05) is 0 Å². The molecule has 4 nitrogen and oxygen atoms in total. The predicted octanol–water partition coefficient (Wildman–Crippen LogP) is 1.20. The lowest BCUT2D eigenvalue weighted by molar-refractivity contribution is -0.112. The van der Waals surface area contributed by atoms with Crippen LogP contribution in [-0.2, 0) is 14.8 Å². The smallest absolute Gasteiger partial charge is 0.238 e. The van der Waals surface area contributed by atoms with Crippen molar-refractivity contribution in [3.8, 4) is 0 Å². The van der Waals surface area contributed by atoms with Crippen molar-refractivity contribution in [2.24, 2.45) is 5.14 Å². The SMILES string of the molecule is C[C@@H](C(=O)Cl)c1ccccc1S(N)(=O)=O. The van der Waals surface area contributed by atoms with Gasteiger partial charge in [-0.1, -0.05) is 25.1 Å². The van der Waals surface area contributed by atoms with Gasteiger partial charge in [0.15, 0.2) is 0 Å². The van der Waals surface area contributed by atoms with Crippen molar-refractivity contribution in [3.05, 3.63) is 29.8 Å². The third-order valence-electron chi connectivity index (χ3n) is 2.03. The lowest BCUT2D eigenvalue weighted by atomic mass is 10.0. The third-order valence-corrected chi connectivity index (χ3v) is 3.34. The molecular weight excluding hydrogens is 238 g/mol. The Morgan fingerprint density at radius 3 is 2.40 bits per heavy atom. The van der Waals surface area contributed by atoms with Gasteiger partial charge in [0, 0.05) is 0 Å². The van der Waals surface area contributed by atoms with Crippen LogP contribution in [0.5, 0.6) is 0 Å². The molecule has 0 heterocycles. The number of hydrogen-bond acceptors (Lipinski definition) is 3. The number of carbonyl (C=O) groups excluding carboxylic acids is 1. The van der Waals surface area contributed by atoms with Gasteiger partial charge < -0.3 is 0 Å². The van der Waals surface area contributed by atoms with E-state index < -0.39 is 21.2 Å². The van der Waals surface area contributed by atoms with E-state index in [1.54, 1.807) is 6.07 Å². The fourth-order valence-corrected chi connectivity index (χ4v) is 2.18. The van der Waals surface area contributed by atoms with Gasteiger partial charge in [0.25, 0.3) is 0 Å². The Labute approximate surface area is 93.1 Å². The number of carbonyl (C=O) groups is 1. The molecule has 1 aromatic carbocycles. The standard InChI is InChI=1S/C9H10ClNO3S/c1-6(9(10)12)7-4-2-3-5-8(7)15(11,13)14/h2-6H,1H3,(H2,11,13,14)/t6-/m1/s1. The maximum atomic E-state index is 11.2. The van der Waals surface area contributed by atoms with Crippen LogP contribution in [-0.4, -0.2) is 13.7 Å². The molecule has 0 aliphatic carbocycles. The summed E-state index contributed by atoms with van der Waals surface area (Å²) in [5.74, 6) is -0.693. The van der Waals surface area contributed by atoms with Gasteiger partial charge >= 0.3 is 0 Å². The highest BCUT2D eigenvalue weighted by Crippen LogP contribution is 2.24. The molecule has 1 atom stereocenters. The first-order valence-electron chi connectivity index (χ1n) is 4.15. The van der Waals surface area contributed by atoms with E-state index >= 15 is 0 Å². The minimum atomic E-state index is -3.82. The van der Waals surface area contributed by atoms with Gasteiger partial charge in [0.2, 0.25) is 15.3 Å². The van der Waals surface area contributed by atoms with Crippen LogP contribution >= 0.6 is 11.6 Å². The Hall–Kier alpha value is -0.910. The highest BCUT2D eigenvalue weighted by molar-refractivity contribution is 7.89. The van der Waals surface area contributed by atoms with E-state index in [-0.39, 0.29) is 4.90 Å². The number of halogens is 1. The van der Waals surface area contributed by atoms with Crippen LogP contribution in [0, 0.1) is 0 Å². The normalized spacial score (nSPS) is 13.5. The Balaban J connectivity index is 3.37. The number of sulfonamides is 1. The highest BCUT2D eigenvalue weighted by atomic mass is 35.5. The second kappa shape index (κ2) is 4.30. The lowest BCUT2D eigenvalue weighted by Gasteiger charge is -2.10. The van der Waals surface area contributed by atoms with E-state index in [1.165, 1.54) is 25.1 Å². The first-order valence-corrected chi connectivity index (χ1v) is 6.07. The molecule has 0 bridgehead atoms. The van der Waals surface area contributed by atoms with Crippen LogP contribution in [0.25, 0.3) is 0 Å². The minimum Gasteiger partial charge on any atom is -0.281 e. The number of rotatable bonds is 3. The van der Waals surface area contributed by atoms with Crippen LogP contribution in [0.4, 0.5) is 0 Å². The second-order valence-corrected chi connectivity index (χ2v) is 5.01. The van der Waals surface area contributed by atoms with Crippen LogP contribution in [0.3, 0.4) is 0 Å². The zero-order valence-electron chi connectivity index (χ0n) is 7.98. The summed E-state index contributed by atoms with van der Waals surface area (Å²) in [6, 6.07) is 6.03. The van der Waals surface area contributed by atoms with E-state index in [9.17, 15) is 13.2 Å². The van der Waals surface area contributed by atoms with E-state index in [2.05, 4.69) is 0 Å². The fourth-order valence-electron chi connectivity index (χ4n) is 1.22. The molecule has 0 spiro atoms. The topological polar surface area (TPSA) is 77.2 Å². The summed E-state index contributed by atoms with van der Waals surface area (Å²) in [5.41, 5.74) is 0.319. The van der Waals surface area contributed by atoms with Crippen molar-refractivity contribution in [2.45, 2.75) is 17.7 Å². The molecule has 0 aliphatic heterocycles. The second-order valence-electron chi connectivity index (χ2n) is 3.11. The average Bonchev–Trinajstić information content (AvgIpc) is 2.15. The first-order chi connectivity index (χ1) is 6.84. The van der Waals surface area contributed by atoms with Gasteiger partial charge in [-0.2, -0.15) is 0 Å². The fraction of sp³-hybridized carbons (Fsp3) is 0.222. The molecule has 2 N–H and O–H groups in total. The minimum absolute atomic E-state index is 0.0634. The Bertz CT molecular complexity index is 484. The molecule has 0 saturated carbocycles. The van der Waals surface area contributed by atoms with Crippen LogP contribution in [0.1, 0.15) is 18.4 Å². The average molecular weight is 248 g/mol. The summed E-state index contributed by atoms with van der Waals surface area (Å²) in [7, 11) is -3.82. The molecule has 1 rings (SSSR count). The summed E-state index contributed by atoms with van der Waals surface area (Å²) in [6.07, 6.45) is 0. The Morgan fingerprint density at radius 2 is 1.93 bits per heavy atom. The zero-order valence-corrected chi connectivity index (χ0v) is 9.55. The maximum Gasteiger partial charge on any atom is 0.238 e. The quantitative estimate of drug-likeness (QED) is 0.816. The third kappa shape index (κ3) is 2.77. The van der Waals surface area contributed by atoms with Crippen molar-refractivity contribution in [1.82, 2.24) is 0 Å². The zero-order chi connectivity index (χ0) is 11.6. The lowest BCUT2D eigenvalue weighted by Crippen LogP contribution is -2.16. The van der Waals surface area contributed by atoms with Crippen molar-refractivity contribution in [3.63, 3.8) is 0 Å². The largest absolute Gasteiger partial charge is 0.281 e. The van der Waals surface area contributed by atoms with Gasteiger partial charge in [0.05, 0.1) is 10.8 Å². The molecule has 0 fully saturated rings. The number of nitrogens with two attached hydrogens (primary N) is 1. The molecule has 82 valence electrons. The summed E-state index contributed by atoms with van der Waals surface area (Å²) in [6.45, 7) is 1.53. The Kier molecular flexibility index (Phi) is 3.49. The Morgan fingerprint density at radius 1 is 1.40 bits per heavy atom. The van der Waals surface area contributed by atoms with Crippen molar-refractivity contribution >= 4 is 26.9 Å². The van der Waals surface area contributed by atoms with Gasteiger partial charge in [-0.25, -0.2) is 13.6 Å². The van der Waals surface area contributed by atoms with Crippen LogP contribution in [0.2, 0.25) is 0 Å². The molecule has 0 unspecified atom stereocenters. The van der Waals surface area contributed by atoms with Crippen molar-refractivity contribution < 1.29 is 13.2 Å².